The summed E-state index contributed by atoms with van der Waals surface area (Å²) in [5, 5.41) is 15.5. The van der Waals surface area contributed by atoms with Gasteiger partial charge >= 0.3 is 6.01 Å². The third kappa shape index (κ3) is 5.11. The molecule has 0 radical (unpaired) electrons. The number of piperazine rings is 1. The number of fused-ring (bicyclic) bond motifs is 5. The van der Waals surface area contributed by atoms with Gasteiger partial charge in [-0.15, -0.1) is 6.42 Å². The van der Waals surface area contributed by atoms with E-state index in [2.05, 4.69) is 34.9 Å². The summed E-state index contributed by atoms with van der Waals surface area (Å²) in [7, 11) is 0. The number of terminal acetylenes is 1. The molecule has 2 N–H and O–H groups in total. The summed E-state index contributed by atoms with van der Waals surface area (Å²) < 4.78 is 43.8. The van der Waals surface area contributed by atoms with Gasteiger partial charge in [-0.1, -0.05) is 37.4 Å². The van der Waals surface area contributed by atoms with Crippen molar-refractivity contribution >= 4 is 39.1 Å². The molecule has 4 atom stereocenters. The summed E-state index contributed by atoms with van der Waals surface area (Å²) in [6, 6.07) is 7.76. The molecule has 4 aliphatic heterocycles. The van der Waals surface area contributed by atoms with Crippen molar-refractivity contribution in [1.82, 2.24) is 20.2 Å². The molecule has 1 aromatic heterocycles. The van der Waals surface area contributed by atoms with Crippen LogP contribution in [0.1, 0.15) is 45.1 Å². The Labute approximate surface area is 295 Å². The van der Waals surface area contributed by atoms with Gasteiger partial charge in [0.25, 0.3) is 0 Å². The number of aromatic nitrogens is 2. The van der Waals surface area contributed by atoms with Gasteiger partial charge in [-0.05, 0) is 60.9 Å². The van der Waals surface area contributed by atoms with Crippen LogP contribution in [0, 0.1) is 40.2 Å². The van der Waals surface area contributed by atoms with Crippen LogP contribution < -0.4 is 15.0 Å². The van der Waals surface area contributed by atoms with Crippen molar-refractivity contribution in [3.8, 4) is 35.2 Å². The summed E-state index contributed by atoms with van der Waals surface area (Å²) in [6.07, 6.45) is 9.99. The predicted octanol–water partition coefficient (Wildman–Crippen LogP) is 6.53. The van der Waals surface area contributed by atoms with Crippen LogP contribution in [0.2, 0.25) is 5.02 Å². The highest BCUT2D eigenvalue weighted by molar-refractivity contribution is 6.38. The molecule has 4 saturated heterocycles. The highest BCUT2D eigenvalue weighted by atomic mass is 35.5. The number of hydrogen-bond donors (Lipinski definition) is 2. The number of anilines is 1. The lowest BCUT2D eigenvalue weighted by Gasteiger charge is -2.34. The van der Waals surface area contributed by atoms with E-state index in [1.54, 1.807) is 0 Å². The minimum absolute atomic E-state index is 0.00672. The molecule has 3 aromatic carbocycles. The minimum Gasteiger partial charge on any atom is -0.508 e. The molecule has 50 heavy (non-hydrogen) atoms. The standard InChI is InChI=1S/C39H40ClF2N5O3/c1-4-26-29(41)8-5-22-11-25(48)12-27(31(22)26)32-30(42)13-28-34(33(32)40)44-36(45-35(28)47-14-23-6-7-24(15-47)43-23)50-21-39(9-10-39)18-46-16-37(2)19-49-20-38(37,3)17-46/h1,5,8,11-13,23-24,43,48H,6-7,9-10,14-21H2,2-3H3/t23?,24?,37-,38+. The SMILES string of the molecule is C#Cc1c(F)ccc2cc(O)cc(-c3c(F)cc4c(N5CC6CCC(C5)N6)nc(OCC5(CN6C[C@]7(C)COC[C@]7(C)C6)CC5)nc4c3Cl)c12. The van der Waals surface area contributed by atoms with Crippen molar-refractivity contribution < 1.29 is 23.4 Å². The van der Waals surface area contributed by atoms with Crippen LogP contribution in [0.4, 0.5) is 14.6 Å². The van der Waals surface area contributed by atoms with E-state index in [1.165, 1.54) is 30.3 Å². The lowest BCUT2D eigenvalue weighted by Crippen LogP contribution is -2.51. The van der Waals surface area contributed by atoms with Gasteiger partial charge in [-0.25, -0.2) is 8.78 Å². The van der Waals surface area contributed by atoms with Gasteiger partial charge < -0.3 is 29.7 Å². The molecule has 5 fully saturated rings. The van der Waals surface area contributed by atoms with Gasteiger partial charge in [-0.3, -0.25) is 0 Å². The maximum atomic E-state index is 16.5. The Balaban J connectivity index is 1.12. The van der Waals surface area contributed by atoms with E-state index in [1.807, 2.05) is 0 Å². The second-order valence-electron chi connectivity index (χ2n) is 16.0. The summed E-state index contributed by atoms with van der Waals surface area (Å²) in [4.78, 5) is 14.5. The lowest BCUT2D eigenvalue weighted by molar-refractivity contribution is 0.112. The Bertz CT molecular complexity index is 2090. The van der Waals surface area contributed by atoms with Crippen LogP contribution in [-0.2, 0) is 4.74 Å². The molecule has 260 valence electrons. The third-order valence-electron chi connectivity index (χ3n) is 12.3. The van der Waals surface area contributed by atoms with Gasteiger partial charge in [0.05, 0.1) is 35.9 Å². The number of ether oxygens (including phenoxy) is 2. The van der Waals surface area contributed by atoms with E-state index in [0.29, 0.717) is 53.9 Å². The first-order valence-corrected chi connectivity index (χ1v) is 17.9. The fraction of sp³-hybridized carbons (Fsp3) is 0.487. The summed E-state index contributed by atoms with van der Waals surface area (Å²) >= 11 is 7.15. The first-order valence-electron chi connectivity index (χ1n) is 17.5. The summed E-state index contributed by atoms with van der Waals surface area (Å²) in [5.41, 5.74) is 0.751. The average Bonchev–Trinajstić information content (AvgIpc) is 3.58. The summed E-state index contributed by atoms with van der Waals surface area (Å²) in [5.74, 6) is 1.57. The first-order chi connectivity index (χ1) is 24.0. The first kappa shape index (κ1) is 32.2. The van der Waals surface area contributed by atoms with Gasteiger partial charge in [0, 0.05) is 77.4 Å². The fourth-order valence-electron chi connectivity index (χ4n) is 9.14. The number of halogens is 3. The van der Waals surface area contributed by atoms with Crippen LogP contribution in [0.25, 0.3) is 32.8 Å². The van der Waals surface area contributed by atoms with Gasteiger partial charge in [0.1, 0.15) is 23.2 Å². The maximum Gasteiger partial charge on any atom is 0.319 e. The number of nitrogens with zero attached hydrogens (tertiary/aromatic N) is 4. The normalized spacial score (nSPS) is 28.4. The monoisotopic (exact) mass is 699 g/mol. The smallest absolute Gasteiger partial charge is 0.319 e. The Kier molecular flexibility index (Phi) is 7.32. The summed E-state index contributed by atoms with van der Waals surface area (Å²) in [6.45, 7) is 11.1. The van der Waals surface area contributed by atoms with Gasteiger partial charge in [0.15, 0.2) is 0 Å². The van der Waals surface area contributed by atoms with Gasteiger partial charge in [-0.2, -0.15) is 9.97 Å². The van der Waals surface area contributed by atoms with Crippen molar-refractivity contribution in [2.24, 2.45) is 16.2 Å². The van der Waals surface area contributed by atoms with Crippen molar-refractivity contribution in [2.45, 2.75) is 51.6 Å². The Morgan fingerprint density at radius 3 is 2.46 bits per heavy atom. The van der Waals surface area contributed by atoms with Crippen LogP contribution in [0.5, 0.6) is 11.8 Å². The topological polar surface area (TPSA) is 83.0 Å². The molecule has 2 bridgehead atoms. The second-order valence-corrected chi connectivity index (χ2v) is 16.4. The molecule has 0 amide bonds. The van der Waals surface area contributed by atoms with E-state index in [9.17, 15) is 9.50 Å². The van der Waals surface area contributed by atoms with Crippen LogP contribution in [0.3, 0.4) is 0 Å². The Morgan fingerprint density at radius 2 is 1.78 bits per heavy atom. The molecule has 0 spiro atoms. The number of rotatable bonds is 7. The second kappa shape index (κ2) is 11.4. The van der Waals surface area contributed by atoms with E-state index < -0.39 is 11.6 Å². The molecule has 4 aromatic rings. The molecule has 9 rings (SSSR count). The molecule has 1 saturated carbocycles. The quantitative estimate of drug-likeness (QED) is 0.211. The number of hydrogen-bond acceptors (Lipinski definition) is 8. The van der Waals surface area contributed by atoms with Crippen molar-refractivity contribution in [1.29, 1.82) is 0 Å². The molecule has 5 heterocycles. The predicted molar refractivity (Wildman–Crippen MR) is 190 cm³/mol. The van der Waals surface area contributed by atoms with E-state index in [4.69, 9.17) is 37.5 Å². The highest BCUT2D eigenvalue weighted by Gasteiger charge is 2.57. The zero-order valence-electron chi connectivity index (χ0n) is 28.3. The number of likely N-dealkylation sites (tertiary alicyclic amines) is 1. The maximum absolute atomic E-state index is 16.5. The van der Waals surface area contributed by atoms with Crippen LogP contribution in [0.15, 0.2) is 30.3 Å². The minimum atomic E-state index is -0.654. The lowest BCUT2D eigenvalue weighted by atomic mass is 9.71. The fourth-order valence-corrected chi connectivity index (χ4v) is 9.48. The molecule has 5 aliphatic rings. The molecule has 8 nitrogen and oxygen atoms in total. The molecular weight excluding hydrogens is 660 g/mol. The molecular formula is C39H40ClF2N5O3. The Morgan fingerprint density at radius 1 is 1.06 bits per heavy atom. The Hall–Kier alpha value is -3.75. The molecule has 2 unspecified atom stereocenters. The average molecular weight is 700 g/mol. The number of nitrogens with one attached hydrogen (secondary N) is 1. The van der Waals surface area contributed by atoms with Crippen molar-refractivity contribution in [2.75, 3.05) is 57.4 Å². The van der Waals surface area contributed by atoms with E-state index in [-0.39, 0.29) is 55.1 Å². The van der Waals surface area contributed by atoms with E-state index >= 15 is 4.39 Å². The van der Waals surface area contributed by atoms with Crippen LogP contribution in [-0.4, -0.2) is 84.6 Å². The number of aromatic hydroxyl groups is 1. The highest BCUT2D eigenvalue weighted by Crippen LogP contribution is 2.54. The third-order valence-corrected chi connectivity index (χ3v) is 12.7. The van der Waals surface area contributed by atoms with Crippen molar-refractivity contribution in [3.63, 3.8) is 0 Å². The largest absolute Gasteiger partial charge is 0.508 e. The zero-order valence-corrected chi connectivity index (χ0v) is 29.0. The number of phenols is 1. The number of benzene rings is 3. The van der Waals surface area contributed by atoms with Crippen LogP contribution >= 0.6 is 11.6 Å². The van der Waals surface area contributed by atoms with Crippen molar-refractivity contribution in [3.05, 3.63) is 52.6 Å². The molecule has 11 heteroatoms. The van der Waals surface area contributed by atoms with Gasteiger partial charge in [0.2, 0.25) is 0 Å². The number of phenolic OH excluding ortho intramolecular Hbond substituents is 1. The molecule has 1 aliphatic carbocycles. The van der Waals surface area contributed by atoms with E-state index in [0.717, 1.165) is 58.5 Å². The zero-order chi connectivity index (χ0) is 34.6.